The molecule has 0 aliphatic rings. The summed E-state index contributed by atoms with van der Waals surface area (Å²) in [6, 6.07) is 16.5. The summed E-state index contributed by atoms with van der Waals surface area (Å²) in [5, 5.41) is 3.28. The summed E-state index contributed by atoms with van der Waals surface area (Å²) >= 11 is 0.125. The van der Waals surface area contributed by atoms with E-state index in [2.05, 4.69) is 71.5 Å². The van der Waals surface area contributed by atoms with Crippen molar-refractivity contribution in [3.05, 3.63) is 59.7 Å². The fraction of sp³-hybridized carbons (Fsp3) is 0.278. The van der Waals surface area contributed by atoms with Gasteiger partial charge in [0.2, 0.25) is 0 Å². The van der Waals surface area contributed by atoms with Gasteiger partial charge in [-0.3, -0.25) is 0 Å². The van der Waals surface area contributed by atoms with Gasteiger partial charge in [0, 0.05) is 5.69 Å². The Labute approximate surface area is 136 Å². The minimum absolute atomic E-state index is 0.125. The summed E-state index contributed by atoms with van der Waals surface area (Å²) < 4.78 is 0. The number of hydrogen-bond donors (Lipinski definition) is 1. The van der Waals surface area contributed by atoms with E-state index in [1.165, 1.54) is 11.1 Å². The van der Waals surface area contributed by atoms with E-state index in [1.54, 1.807) is 0 Å². The molecule has 21 heavy (non-hydrogen) atoms. The molecule has 0 atom stereocenters. The number of aryl methyl sites for hydroxylation is 2. The van der Waals surface area contributed by atoms with Crippen LogP contribution in [0.1, 0.15) is 18.1 Å². The third kappa shape index (κ3) is 7.21. The SMILES string of the molecule is C/C(=N\c1ccc(C)cc1)Nc1ccc(C)cc1.[CH3][GaH][CH3]. The second-order valence-electron chi connectivity index (χ2n) is 5.23. The summed E-state index contributed by atoms with van der Waals surface area (Å²) in [6.07, 6.45) is 0. The van der Waals surface area contributed by atoms with Crippen molar-refractivity contribution in [1.29, 1.82) is 0 Å². The molecule has 0 saturated heterocycles. The second kappa shape index (κ2) is 9.48. The van der Waals surface area contributed by atoms with Crippen LogP contribution in [0.4, 0.5) is 11.4 Å². The molecule has 110 valence electrons. The summed E-state index contributed by atoms with van der Waals surface area (Å²) in [5.74, 6) is 0.891. The Morgan fingerprint density at radius 1 is 0.857 bits per heavy atom. The van der Waals surface area contributed by atoms with Crippen LogP contribution >= 0.6 is 0 Å². The van der Waals surface area contributed by atoms with Crippen molar-refractivity contribution < 1.29 is 0 Å². The van der Waals surface area contributed by atoms with Gasteiger partial charge in [-0.05, 0) is 45.0 Å². The number of hydrogen-bond acceptors (Lipinski definition) is 1. The van der Waals surface area contributed by atoms with E-state index in [1.807, 2.05) is 19.1 Å². The molecule has 0 unspecified atom stereocenters. The molecule has 0 aliphatic heterocycles. The monoisotopic (exact) mass is 338 g/mol. The number of rotatable bonds is 2. The van der Waals surface area contributed by atoms with Crippen LogP contribution in [0.5, 0.6) is 0 Å². The van der Waals surface area contributed by atoms with Crippen LogP contribution < -0.4 is 5.32 Å². The summed E-state index contributed by atoms with van der Waals surface area (Å²) in [6.45, 7) is 6.13. The molecule has 2 aromatic carbocycles. The first kappa shape index (κ1) is 17.6. The molecule has 3 heteroatoms. The number of anilines is 1. The van der Waals surface area contributed by atoms with Crippen LogP contribution in [0.2, 0.25) is 11.0 Å². The average Bonchev–Trinajstić information content (AvgIpc) is 2.45. The molecule has 0 amide bonds. The van der Waals surface area contributed by atoms with E-state index < -0.39 is 0 Å². The topological polar surface area (TPSA) is 24.4 Å². The van der Waals surface area contributed by atoms with Gasteiger partial charge in [-0.15, -0.1) is 0 Å². The van der Waals surface area contributed by atoms with Crippen molar-refractivity contribution >= 4 is 34.6 Å². The Balaban J connectivity index is 0.000000677. The second-order valence-corrected chi connectivity index (χ2v) is 8.20. The van der Waals surface area contributed by atoms with Gasteiger partial charge in [-0.1, -0.05) is 35.4 Å². The number of nitrogens with one attached hydrogen (secondary N) is 1. The van der Waals surface area contributed by atoms with Gasteiger partial charge in [0.15, 0.2) is 0 Å². The van der Waals surface area contributed by atoms with Gasteiger partial charge in [-0.2, -0.15) is 0 Å². The number of amidine groups is 1. The first-order valence-electron chi connectivity index (χ1n) is 7.50. The molecule has 0 spiro atoms. The van der Waals surface area contributed by atoms with Crippen LogP contribution in [0, 0.1) is 13.8 Å². The average molecular weight is 339 g/mol. The molecular weight excluding hydrogens is 314 g/mol. The Kier molecular flexibility index (Phi) is 7.94. The van der Waals surface area contributed by atoms with Crippen LogP contribution in [0.15, 0.2) is 53.5 Å². The summed E-state index contributed by atoms with van der Waals surface area (Å²) in [4.78, 5) is 4.52. The fourth-order valence-electron chi connectivity index (χ4n) is 1.69. The molecule has 0 aromatic heterocycles. The molecule has 0 saturated carbocycles. The molecule has 0 bridgehead atoms. The van der Waals surface area contributed by atoms with Crippen molar-refractivity contribution in [3.8, 4) is 0 Å². The number of benzene rings is 2. The maximum atomic E-state index is 4.52. The Bertz CT molecular complexity index is 557. The molecule has 2 aromatic rings. The van der Waals surface area contributed by atoms with Gasteiger partial charge in [0.05, 0.1) is 5.69 Å². The van der Waals surface area contributed by atoms with Gasteiger partial charge in [0.1, 0.15) is 5.84 Å². The standard InChI is InChI=1S/C16H18N2.2CH3.Ga.H/c1-12-4-8-15(9-5-12)17-14(3)18-16-10-6-13(2)7-11-16;;;;/h4-11H,1-3H3,(H,17,18);2*1H3;;. The van der Waals surface area contributed by atoms with Gasteiger partial charge in [-0.25, -0.2) is 4.99 Å². The molecule has 0 aliphatic carbocycles. The molecule has 2 nitrogen and oxygen atoms in total. The van der Waals surface area contributed by atoms with Gasteiger partial charge >= 0.3 is 28.4 Å². The van der Waals surface area contributed by atoms with E-state index in [0.717, 1.165) is 17.2 Å². The van der Waals surface area contributed by atoms with E-state index in [9.17, 15) is 0 Å². The van der Waals surface area contributed by atoms with Gasteiger partial charge < -0.3 is 5.32 Å². The van der Waals surface area contributed by atoms with Gasteiger partial charge in [0.25, 0.3) is 0 Å². The van der Waals surface area contributed by atoms with Crippen LogP contribution in [0.25, 0.3) is 0 Å². The Morgan fingerprint density at radius 3 is 1.76 bits per heavy atom. The van der Waals surface area contributed by atoms with Crippen molar-refractivity contribution in [3.63, 3.8) is 0 Å². The summed E-state index contributed by atoms with van der Waals surface area (Å²) in [5.41, 5.74) is 9.17. The molecule has 0 fully saturated rings. The predicted octanol–water partition coefficient (Wildman–Crippen LogP) is 4.98. The zero-order valence-electron chi connectivity index (χ0n) is 13.8. The summed E-state index contributed by atoms with van der Waals surface area (Å²) in [7, 11) is 0. The third-order valence-electron chi connectivity index (χ3n) is 2.71. The van der Waals surface area contributed by atoms with Crippen molar-refractivity contribution in [2.75, 3.05) is 5.32 Å². The number of aliphatic imine (C=N–C) groups is 1. The molecule has 0 radical (unpaired) electrons. The van der Waals surface area contributed by atoms with Crippen LogP contribution in [-0.4, -0.2) is 23.2 Å². The van der Waals surface area contributed by atoms with E-state index in [4.69, 9.17) is 0 Å². The Morgan fingerprint density at radius 2 is 1.29 bits per heavy atom. The van der Waals surface area contributed by atoms with Crippen molar-refractivity contribution in [2.45, 2.75) is 31.7 Å². The van der Waals surface area contributed by atoms with Crippen molar-refractivity contribution in [2.24, 2.45) is 4.99 Å². The maximum absolute atomic E-state index is 4.52. The van der Waals surface area contributed by atoms with Crippen LogP contribution in [-0.2, 0) is 0 Å². The molecule has 0 heterocycles. The normalized spacial score (nSPS) is 10.4. The van der Waals surface area contributed by atoms with Crippen LogP contribution in [0.3, 0.4) is 0 Å². The Hall–Kier alpha value is -1.45. The van der Waals surface area contributed by atoms with E-state index in [0.29, 0.717) is 0 Å². The quantitative estimate of drug-likeness (QED) is 0.466. The van der Waals surface area contributed by atoms with E-state index >= 15 is 0 Å². The fourth-order valence-corrected chi connectivity index (χ4v) is 1.69. The first-order chi connectivity index (χ1) is 10.0. The molecule has 1 N–H and O–H groups in total. The molecular formula is C18H25GaN2. The first-order valence-corrected chi connectivity index (χ1v) is 13.4. The predicted molar refractivity (Wildman–Crippen MR) is 97.6 cm³/mol. The third-order valence-corrected chi connectivity index (χ3v) is 2.71. The molecule has 2 rings (SSSR count). The zero-order valence-corrected chi connectivity index (χ0v) is 16.7. The van der Waals surface area contributed by atoms with E-state index in [-0.39, 0.29) is 17.4 Å². The zero-order chi connectivity index (χ0) is 15.7. The van der Waals surface area contributed by atoms with Crippen molar-refractivity contribution in [1.82, 2.24) is 0 Å². The number of nitrogens with zero attached hydrogens (tertiary/aromatic N) is 1. The minimum atomic E-state index is 0.125.